The van der Waals surface area contributed by atoms with Gasteiger partial charge >= 0.3 is 0 Å². The third kappa shape index (κ3) is 3.53. The average Bonchev–Trinajstić information content (AvgIpc) is 3.00. The predicted molar refractivity (Wildman–Crippen MR) is 98.8 cm³/mol. The topological polar surface area (TPSA) is 91.6 Å². The number of pyridine rings is 1. The van der Waals surface area contributed by atoms with Gasteiger partial charge in [0.15, 0.2) is 0 Å². The maximum absolute atomic E-state index is 12.7. The Morgan fingerprint density at radius 2 is 1.85 bits per heavy atom. The molecule has 0 radical (unpaired) electrons. The van der Waals surface area contributed by atoms with Crippen LogP contribution < -0.4 is 16.0 Å². The first-order chi connectivity index (χ1) is 12.6. The second kappa shape index (κ2) is 7.23. The fourth-order valence-electron chi connectivity index (χ4n) is 4.73. The Hall–Kier alpha value is -2.15. The van der Waals surface area contributed by atoms with Crippen LogP contribution in [0.5, 0.6) is 0 Å². The minimum atomic E-state index is -0.466. The van der Waals surface area contributed by atoms with Gasteiger partial charge in [-0.1, -0.05) is 0 Å². The zero-order valence-electron chi connectivity index (χ0n) is 15.1. The molecule has 26 heavy (non-hydrogen) atoms. The molecule has 0 aliphatic carbocycles. The Kier molecular flexibility index (Phi) is 4.80. The number of amides is 2. The molecule has 2 bridgehead atoms. The van der Waals surface area contributed by atoms with Gasteiger partial charge in [0.25, 0.3) is 5.91 Å². The van der Waals surface area contributed by atoms with E-state index in [-0.39, 0.29) is 5.91 Å². The van der Waals surface area contributed by atoms with Gasteiger partial charge in [0.2, 0.25) is 5.91 Å². The van der Waals surface area contributed by atoms with E-state index in [9.17, 15) is 9.59 Å². The highest BCUT2D eigenvalue weighted by Crippen LogP contribution is 2.33. The molecule has 7 nitrogen and oxygen atoms in total. The van der Waals surface area contributed by atoms with Crippen LogP contribution in [0.3, 0.4) is 0 Å². The molecule has 1 aromatic heterocycles. The monoisotopic (exact) mass is 357 g/mol. The molecule has 2 amide bonds. The third-order valence-electron chi connectivity index (χ3n) is 6.02. The molecule has 2 unspecified atom stereocenters. The molecule has 3 saturated heterocycles. The van der Waals surface area contributed by atoms with E-state index in [0.717, 1.165) is 12.8 Å². The number of hydrogen-bond donors (Lipinski definition) is 2. The van der Waals surface area contributed by atoms with E-state index in [1.165, 1.54) is 12.8 Å². The number of carbonyl (C=O) groups is 2. The molecule has 3 aliphatic rings. The molecule has 140 valence electrons. The molecule has 3 aliphatic heterocycles. The van der Waals surface area contributed by atoms with Crippen LogP contribution in [0.2, 0.25) is 0 Å². The fourth-order valence-corrected chi connectivity index (χ4v) is 4.73. The summed E-state index contributed by atoms with van der Waals surface area (Å²) in [7, 11) is 0. The number of nitrogens with one attached hydrogen (secondary N) is 1. The van der Waals surface area contributed by atoms with Crippen LogP contribution >= 0.6 is 0 Å². The van der Waals surface area contributed by atoms with Gasteiger partial charge in [-0.15, -0.1) is 0 Å². The van der Waals surface area contributed by atoms with Crippen molar-refractivity contribution in [3.05, 3.63) is 23.9 Å². The highest BCUT2D eigenvalue weighted by atomic mass is 16.2. The summed E-state index contributed by atoms with van der Waals surface area (Å²) in [6.07, 6.45) is 7.15. The van der Waals surface area contributed by atoms with Crippen molar-refractivity contribution in [2.45, 2.75) is 44.2 Å². The van der Waals surface area contributed by atoms with Crippen molar-refractivity contribution < 1.29 is 9.59 Å². The molecule has 3 fully saturated rings. The minimum Gasteiger partial charge on any atom is -0.365 e. The lowest BCUT2D eigenvalue weighted by Gasteiger charge is -2.37. The van der Waals surface area contributed by atoms with Crippen LogP contribution in [0, 0.1) is 5.92 Å². The first-order valence-corrected chi connectivity index (χ1v) is 9.63. The van der Waals surface area contributed by atoms with Crippen LogP contribution in [-0.4, -0.2) is 60.0 Å². The molecular weight excluding hydrogens is 330 g/mol. The zero-order chi connectivity index (χ0) is 18.1. The Labute approximate surface area is 153 Å². The Balaban J connectivity index is 1.32. The molecule has 2 atom stereocenters. The maximum atomic E-state index is 12.7. The zero-order valence-corrected chi connectivity index (χ0v) is 15.1. The van der Waals surface area contributed by atoms with Gasteiger partial charge < -0.3 is 20.9 Å². The van der Waals surface area contributed by atoms with Gasteiger partial charge in [0, 0.05) is 50.9 Å². The summed E-state index contributed by atoms with van der Waals surface area (Å²) in [4.78, 5) is 32.7. The second-order valence-corrected chi connectivity index (χ2v) is 7.79. The van der Waals surface area contributed by atoms with Gasteiger partial charge in [-0.25, -0.2) is 4.98 Å². The molecule has 3 N–H and O–H groups in total. The Morgan fingerprint density at radius 1 is 1.15 bits per heavy atom. The van der Waals surface area contributed by atoms with Crippen molar-refractivity contribution in [3.63, 3.8) is 0 Å². The first kappa shape index (κ1) is 17.3. The summed E-state index contributed by atoms with van der Waals surface area (Å²) >= 11 is 0. The number of anilines is 1. The number of piperidine rings is 1. The van der Waals surface area contributed by atoms with E-state index in [0.29, 0.717) is 62.0 Å². The number of rotatable bonds is 4. The molecule has 0 aromatic carbocycles. The lowest BCUT2D eigenvalue weighted by molar-refractivity contribution is -0.132. The molecule has 4 heterocycles. The van der Waals surface area contributed by atoms with Gasteiger partial charge in [-0.3, -0.25) is 9.59 Å². The molecule has 7 heteroatoms. The SMILES string of the molecule is NC(=O)c1cccnc1N1CCN(C(=O)CC2CC3CCC(C2)N3)CC1. The number of carbonyl (C=O) groups excluding carboxylic acids is 2. The first-order valence-electron chi connectivity index (χ1n) is 9.63. The third-order valence-corrected chi connectivity index (χ3v) is 6.02. The van der Waals surface area contributed by atoms with Crippen LogP contribution in [0.15, 0.2) is 18.3 Å². The highest BCUT2D eigenvalue weighted by molar-refractivity contribution is 5.97. The van der Waals surface area contributed by atoms with Crippen molar-refractivity contribution >= 4 is 17.6 Å². The number of aromatic nitrogens is 1. The van der Waals surface area contributed by atoms with Crippen LogP contribution in [-0.2, 0) is 4.79 Å². The van der Waals surface area contributed by atoms with Crippen LogP contribution in [0.1, 0.15) is 42.5 Å². The molecule has 4 rings (SSSR count). The summed E-state index contributed by atoms with van der Waals surface area (Å²) in [6.45, 7) is 2.71. The number of piperazine rings is 1. The average molecular weight is 357 g/mol. The molecular formula is C19H27N5O2. The fraction of sp³-hybridized carbons (Fsp3) is 0.632. The summed E-state index contributed by atoms with van der Waals surface area (Å²) in [6, 6.07) is 4.67. The normalized spacial score (nSPS) is 28.2. The van der Waals surface area contributed by atoms with Crippen molar-refractivity contribution in [1.82, 2.24) is 15.2 Å². The second-order valence-electron chi connectivity index (χ2n) is 7.79. The minimum absolute atomic E-state index is 0.270. The predicted octanol–water partition coefficient (Wildman–Crippen LogP) is 0.750. The van der Waals surface area contributed by atoms with E-state index in [1.54, 1.807) is 18.3 Å². The number of hydrogen-bond acceptors (Lipinski definition) is 5. The molecule has 0 spiro atoms. The van der Waals surface area contributed by atoms with E-state index < -0.39 is 5.91 Å². The summed E-state index contributed by atoms with van der Waals surface area (Å²) in [5, 5.41) is 3.64. The van der Waals surface area contributed by atoms with E-state index in [4.69, 9.17) is 5.73 Å². The maximum Gasteiger partial charge on any atom is 0.252 e. The lowest BCUT2D eigenvalue weighted by atomic mass is 9.89. The van der Waals surface area contributed by atoms with E-state index in [1.807, 2.05) is 4.90 Å². The van der Waals surface area contributed by atoms with E-state index >= 15 is 0 Å². The molecule has 1 aromatic rings. The lowest BCUT2D eigenvalue weighted by Crippen LogP contribution is -2.50. The number of nitrogens with zero attached hydrogens (tertiary/aromatic N) is 3. The summed E-state index contributed by atoms with van der Waals surface area (Å²) in [5.41, 5.74) is 5.90. The van der Waals surface area contributed by atoms with E-state index in [2.05, 4.69) is 15.2 Å². The quantitative estimate of drug-likeness (QED) is 0.830. The summed E-state index contributed by atoms with van der Waals surface area (Å²) in [5.74, 6) is 0.956. The number of nitrogens with two attached hydrogens (primary N) is 1. The number of primary amides is 1. The number of fused-ring (bicyclic) bond motifs is 2. The standard InChI is InChI=1S/C19H27N5O2/c20-18(26)16-2-1-5-21-19(16)24-8-6-23(7-9-24)17(25)12-13-10-14-3-4-15(11-13)22-14/h1-2,5,13-15,22H,3-4,6-12H2,(H2,20,26). The summed E-state index contributed by atoms with van der Waals surface area (Å²) < 4.78 is 0. The van der Waals surface area contributed by atoms with Gasteiger partial charge in [-0.2, -0.15) is 0 Å². The van der Waals surface area contributed by atoms with Gasteiger partial charge in [0.05, 0.1) is 5.56 Å². The highest BCUT2D eigenvalue weighted by Gasteiger charge is 2.35. The van der Waals surface area contributed by atoms with Crippen molar-refractivity contribution in [1.29, 1.82) is 0 Å². The van der Waals surface area contributed by atoms with Gasteiger partial charge in [0.1, 0.15) is 5.82 Å². The largest absolute Gasteiger partial charge is 0.365 e. The van der Waals surface area contributed by atoms with Gasteiger partial charge in [-0.05, 0) is 43.7 Å². The van der Waals surface area contributed by atoms with Crippen molar-refractivity contribution in [2.75, 3.05) is 31.1 Å². The Bertz CT molecular complexity index is 674. The molecule has 0 saturated carbocycles. The smallest absolute Gasteiger partial charge is 0.252 e. The van der Waals surface area contributed by atoms with Crippen molar-refractivity contribution in [2.24, 2.45) is 11.7 Å². The van der Waals surface area contributed by atoms with Crippen LogP contribution in [0.4, 0.5) is 5.82 Å². The Morgan fingerprint density at radius 3 is 2.50 bits per heavy atom. The van der Waals surface area contributed by atoms with Crippen molar-refractivity contribution in [3.8, 4) is 0 Å². The van der Waals surface area contributed by atoms with Crippen LogP contribution in [0.25, 0.3) is 0 Å².